The lowest BCUT2D eigenvalue weighted by atomic mass is 9.99. The van der Waals surface area contributed by atoms with E-state index in [4.69, 9.17) is 4.42 Å². The predicted molar refractivity (Wildman–Crippen MR) is 123 cm³/mol. The van der Waals surface area contributed by atoms with Gasteiger partial charge in [0.15, 0.2) is 0 Å². The van der Waals surface area contributed by atoms with Crippen LogP contribution in [0.3, 0.4) is 0 Å². The third-order valence-corrected chi connectivity index (χ3v) is 6.54. The van der Waals surface area contributed by atoms with Crippen LogP contribution in [0.2, 0.25) is 0 Å². The van der Waals surface area contributed by atoms with Crippen molar-refractivity contribution >= 4 is 65.2 Å². The van der Waals surface area contributed by atoms with Gasteiger partial charge in [0.2, 0.25) is 5.71 Å². The highest BCUT2D eigenvalue weighted by atomic mass is 32.1. The Morgan fingerprint density at radius 1 is 0.733 bits per heavy atom. The Morgan fingerprint density at radius 2 is 1.63 bits per heavy atom. The third-order valence-electron chi connectivity index (χ3n) is 5.75. The van der Waals surface area contributed by atoms with Crippen LogP contribution in [0, 0.1) is 0 Å². The maximum absolute atomic E-state index is 6.13. The van der Waals surface area contributed by atoms with Crippen LogP contribution in [0.1, 0.15) is 0 Å². The first-order valence-corrected chi connectivity index (χ1v) is 10.6. The minimum atomic E-state index is 0.606. The van der Waals surface area contributed by atoms with E-state index in [1.807, 2.05) is 11.6 Å². The molecule has 0 aliphatic carbocycles. The normalized spacial score (nSPS) is 12.0. The highest BCUT2D eigenvalue weighted by Gasteiger charge is 2.18. The van der Waals surface area contributed by atoms with Gasteiger partial charge in [0.1, 0.15) is 11.9 Å². The highest BCUT2D eigenvalue weighted by Crippen LogP contribution is 2.40. The lowest BCUT2D eigenvalue weighted by Crippen LogP contribution is -1.87. The van der Waals surface area contributed by atoms with Gasteiger partial charge in [0, 0.05) is 16.3 Å². The number of fused-ring (bicyclic) bond motifs is 8. The summed E-state index contributed by atoms with van der Waals surface area (Å²) in [6.07, 6.45) is 1.58. The second kappa shape index (κ2) is 5.84. The summed E-state index contributed by atoms with van der Waals surface area (Å²) in [6, 6.07) is 23.2. The maximum atomic E-state index is 6.13. The summed E-state index contributed by atoms with van der Waals surface area (Å²) in [5, 5.41) is 6.62. The predicted octanol–water partition coefficient (Wildman–Crippen LogP) is 6.96. The zero-order valence-corrected chi connectivity index (χ0v) is 16.5. The van der Waals surface area contributed by atoms with Crippen LogP contribution in [0.15, 0.2) is 83.0 Å². The molecule has 0 atom stereocenters. The molecule has 0 bridgehead atoms. The van der Waals surface area contributed by atoms with Gasteiger partial charge in [-0.05, 0) is 40.4 Å². The van der Waals surface area contributed by atoms with Crippen molar-refractivity contribution < 1.29 is 4.42 Å². The standard InChI is InChI=1S/C25H13N3OS/c1-2-4-15-11-16(6-5-14(15)3-1)23-22-21-17-8-10-20-24(28-13-30-20)18(17)7-9-19(21)29-25(22)27-12-26-23/h1-13H. The van der Waals surface area contributed by atoms with E-state index in [0.717, 1.165) is 43.9 Å². The summed E-state index contributed by atoms with van der Waals surface area (Å²) in [6.45, 7) is 0. The van der Waals surface area contributed by atoms with Crippen LogP contribution in [0.4, 0.5) is 0 Å². The second-order valence-corrected chi connectivity index (χ2v) is 8.25. The Kier molecular flexibility index (Phi) is 3.12. The van der Waals surface area contributed by atoms with Crippen LogP contribution in [-0.2, 0) is 0 Å². The SMILES string of the molecule is c1ccc2cc(-c3ncnc4oc5ccc6c(ccc7scnc76)c5c34)ccc2c1. The number of benzene rings is 4. The van der Waals surface area contributed by atoms with Gasteiger partial charge in [-0.25, -0.2) is 15.0 Å². The van der Waals surface area contributed by atoms with Crippen LogP contribution in [0.25, 0.3) is 65.1 Å². The van der Waals surface area contributed by atoms with Gasteiger partial charge in [-0.15, -0.1) is 11.3 Å². The Hall–Kier alpha value is -3.83. The molecule has 0 amide bonds. The molecular formula is C25H13N3OS. The molecule has 0 spiro atoms. The van der Waals surface area contributed by atoms with Crippen molar-refractivity contribution in [1.29, 1.82) is 0 Å². The smallest absolute Gasteiger partial charge is 0.231 e. The molecule has 0 saturated carbocycles. The van der Waals surface area contributed by atoms with E-state index in [1.54, 1.807) is 17.7 Å². The van der Waals surface area contributed by atoms with Crippen LogP contribution >= 0.6 is 11.3 Å². The van der Waals surface area contributed by atoms with E-state index in [1.165, 1.54) is 15.5 Å². The molecule has 0 aliphatic rings. The van der Waals surface area contributed by atoms with Crippen molar-refractivity contribution in [2.75, 3.05) is 0 Å². The third kappa shape index (κ3) is 2.12. The fourth-order valence-electron chi connectivity index (χ4n) is 4.39. The molecule has 0 aliphatic heterocycles. The Labute approximate surface area is 174 Å². The van der Waals surface area contributed by atoms with Crippen molar-refractivity contribution in [1.82, 2.24) is 15.0 Å². The molecule has 3 heterocycles. The topological polar surface area (TPSA) is 51.8 Å². The van der Waals surface area contributed by atoms with E-state index >= 15 is 0 Å². The van der Waals surface area contributed by atoms with Gasteiger partial charge in [0.05, 0.1) is 26.8 Å². The first kappa shape index (κ1) is 16.0. The molecule has 0 radical (unpaired) electrons. The van der Waals surface area contributed by atoms with Crippen LogP contribution in [-0.4, -0.2) is 15.0 Å². The fourth-order valence-corrected chi connectivity index (χ4v) is 5.08. The van der Waals surface area contributed by atoms with Crippen molar-refractivity contribution in [2.24, 2.45) is 0 Å². The molecule has 3 aromatic heterocycles. The van der Waals surface area contributed by atoms with E-state index in [0.29, 0.717) is 5.71 Å². The highest BCUT2D eigenvalue weighted by molar-refractivity contribution is 7.16. The molecule has 7 rings (SSSR count). The van der Waals surface area contributed by atoms with Crippen LogP contribution in [0.5, 0.6) is 0 Å². The van der Waals surface area contributed by atoms with Gasteiger partial charge in [0.25, 0.3) is 0 Å². The van der Waals surface area contributed by atoms with Gasteiger partial charge in [-0.2, -0.15) is 0 Å². The Bertz CT molecular complexity index is 1760. The summed E-state index contributed by atoms with van der Waals surface area (Å²) in [5.74, 6) is 0. The van der Waals surface area contributed by atoms with Gasteiger partial charge < -0.3 is 4.42 Å². The van der Waals surface area contributed by atoms with Crippen molar-refractivity contribution in [3.05, 3.63) is 78.6 Å². The quantitative estimate of drug-likeness (QED) is 0.297. The second-order valence-electron chi connectivity index (χ2n) is 7.36. The van der Waals surface area contributed by atoms with E-state index in [9.17, 15) is 0 Å². The van der Waals surface area contributed by atoms with Gasteiger partial charge in [-0.3, -0.25) is 0 Å². The first-order chi connectivity index (χ1) is 14.9. The molecule has 140 valence electrons. The number of furan rings is 1. The van der Waals surface area contributed by atoms with Gasteiger partial charge in [-0.1, -0.05) is 42.5 Å². The van der Waals surface area contributed by atoms with Crippen molar-refractivity contribution in [3.8, 4) is 11.3 Å². The number of aromatic nitrogens is 3. The lowest BCUT2D eigenvalue weighted by Gasteiger charge is -2.06. The molecule has 7 aromatic rings. The Balaban J connectivity index is 1.64. The summed E-state index contributed by atoms with van der Waals surface area (Å²) in [4.78, 5) is 13.7. The monoisotopic (exact) mass is 403 g/mol. The maximum Gasteiger partial charge on any atom is 0.231 e. The molecule has 0 fully saturated rings. The number of thiazole rings is 1. The average molecular weight is 403 g/mol. The first-order valence-electron chi connectivity index (χ1n) is 9.68. The van der Waals surface area contributed by atoms with E-state index in [2.05, 4.69) is 75.6 Å². The Morgan fingerprint density at radius 3 is 2.60 bits per heavy atom. The number of rotatable bonds is 1. The van der Waals surface area contributed by atoms with Crippen molar-refractivity contribution in [2.45, 2.75) is 0 Å². The lowest BCUT2D eigenvalue weighted by molar-refractivity contribution is 0.653. The zero-order valence-electron chi connectivity index (χ0n) is 15.7. The molecule has 4 aromatic carbocycles. The summed E-state index contributed by atoms with van der Waals surface area (Å²) >= 11 is 1.66. The van der Waals surface area contributed by atoms with E-state index < -0.39 is 0 Å². The van der Waals surface area contributed by atoms with Crippen molar-refractivity contribution in [3.63, 3.8) is 0 Å². The molecule has 0 N–H and O–H groups in total. The average Bonchev–Trinajstić information content (AvgIpc) is 3.43. The van der Waals surface area contributed by atoms with Gasteiger partial charge >= 0.3 is 0 Å². The molecule has 0 unspecified atom stereocenters. The molecule has 0 saturated heterocycles. The number of hydrogen-bond acceptors (Lipinski definition) is 5. The minimum Gasteiger partial charge on any atom is -0.438 e. The van der Waals surface area contributed by atoms with Crippen LogP contribution < -0.4 is 0 Å². The summed E-state index contributed by atoms with van der Waals surface area (Å²) in [5.41, 5.74) is 6.28. The van der Waals surface area contributed by atoms with E-state index in [-0.39, 0.29) is 0 Å². The largest absolute Gasteiger partial charge is 0.438 e. The zero-order chi connectivity index (χ0) is 19.7. The number of hydrogen-bond donors (Lipinski definition) is 0. The molecular weight excluding hydrogens is 390 g/mol. The molecule has 5 heteroatoms. The fraction of sp³-hybridized carbons (Fsp3) is 0. The minimum absolute atomic E-state index is 0.606. The number of nitrogens with zero attached hydrogens (tertiary/aromatic N) is 3. The summed E-state index contributed by atoms with van der Waals surface area (Å²) < 4.78 is 7.32. The summed E-state index contributed by atoms with van der Waals surface area (Å²) in [7, 11) is 0. The molecule has 4 nitrogen and oxygen atoms in total. The molecule has 30 heavy (non-hydrogen) atoms.